The number of imidazole rings is 1. The van der Waals surface area contributed by atoms with E-state index >= 15 is 0 Å². The van der Waals surface area contributed by atoms with Crippen molar-refractivity contribution in [3.8, 4) is 0 Å². The van der Waals surface area contributed by atoms with E-state index in [0.717, 1.165) is 11.3 Å². The van der Waals surface area contributed by atoms with Gasteiger partial charge in [0, 0.05) is 19.4 Å². The Morgan fingerprint density at radius 2 is 2.28 bits per heavy atom. The van der Waals surface area contributed by atoms with Gasteiger partial charge in [0.05, 0.1) is 12.2 Å². The van der Waals surface area contributed by atoms with Gasteiger partial charge in [0.25, 0.3) is 10.0 Å². The molecule has 0 bridgehead atoms. The van der Waals surface area contributed by atoms with Crippen molar-refractivity contribution in [1.82, 2.24) is 19.3 Å². The van der Waals surface area contributed by atoms with Gasteiger partial charge in [0.2, 0.25) is 0 Å². The van der Waals surface area contributed by atoms with Gasteiger partial charge in [-0.2, -0.15) is 0 Å². The Bertz CT molecular complexity index is 662. The first-order valence-corrected chi connectivity index (χ1v) is 7.66. The molecule has 0 unspecified atom stereocenters. The fraction of sp³-hybridized carbons (Fsp3) is 0.333. The third-order valence-electron chi connectivity index (χ3n) is 2.31. The molecule has 2 aromatic heterocycles. The van der Waals surface area contributed by atoms with E-state index in [1.54, 1.807) is 30.9 Å². The average Bonchev–Trinajstić information content (AvgIpc) is 2.82. The van der Waals surface area contributed by atoms with Crippen LogP contribution in [-0.2, 0) is 23.6 Å². The van der Waals surface area contributed by atoms with E-state index in [2.05, 4.69) is 14.7 Å². The van der Waals surface area contributed by atoms with Gasteiger partial charge in [-0.1, -0.05) is 22.9 Å². The molecule has 0 aromatic carbocycles. The molecular formula is C9H11ClN4O2S2. The number of aryl methyl sites for hydroxylation is 2. The van der Waals surface area contributed by atoms with Crippen LogP contribution in [0.3, 0.4) is 0 Å². The molecule has 0 fully saturated rings. The molecule has 0 amide bonds. The third-order valence-corrected chi connectivity index (χ3v) is 5.59. The first-order valence-electron chi connectivity index (χ1n) is 4.99. The van der Waals surface area contributed by atoms with Crippen LogP contribution in [0.15, 0.2) is 16.6 Å². The van der Waals surface area contributed by atoms with E-state index in [1.165, 1.54) is 0 Å². The van der Waals surface area contributed by atoms with Crippen molar-refractivity contribution < 1.29 is 8.42 Å². The van der Waals surface area contributed by atoms with Crippen molar-refractivity contribution in [2.45, 2.75) is 17.7 Å². The number of halogens is 1. The summed E-state index contributed by atoms with van der Waals surface area (Å²) in [6, 6.07) is 0. The monoisotopic (exact) mass is 306 g/mol. The molecule has 0 saturated carbocycles. The van der Waals surface area contributed by atoms with Crippen LogP contribution in [0.5, 0.6) is 0 Å². The van der Waals surface area contributed by atoms with Gasteiger partial charge in [0.1, 0.15) is 5.82 Å². The van der Waals surface area contributed by atoms with E-state index < -0.39 is 10.0 Å². The first kappa shape index (κ1) is 13.5. The Kier molecular flexibility index (Phi) is 3.71. The standard InChI is InChI=1S/C9H11ClN4O2S2/c1-6-8(17-9(10)13-6)18(15,16)12-5-7-11-3-4-14(7)2/h3-4,12H,5H2,1-2H3. The molecule has 98 valence electrons. The summed E-state index contributed by atoms with van der Waals surface area (Å²) >= 11 is 6.63. The van der Waals surface area contributed by atoms with Crippen LogP contribution in [-0.4, -0.2) is 23.0 Å². The van der Waals surface area contributed by atoms with Gasteiger partial charge in [-0.15, -0.1) is 0 Å². The molecule has 0 radical (unpaired) electrons. The number of sulfonamides is 1. The van der Waals surface area contributed by atoms with Crippen LogP contribution in [0.4, 0.5) is 0 Å². The molecule has 2 heterocycles. The summed E-state index contributed by atoms with van der Waals surface area (Å²) in [6.07, 6.45) is 3.36. The molecule has 18 heavy (non-hydrogen) atoms. The topological polar surface area (TPSA) is 76.9 Å². The molecule has 0 aliphatic heterocycles. The molecule has 6 nitrogen and oxygen atoms in total. The second-order valence-electron chi connectivity index (χ2n) is 3.62. The minimum absolute atomic E-state index is 0.126. The Balaban J connectivity index is 2.18. The zero-order valence-electron chi connectivity index (χ0n) is 9.71. The van der Waals surface area contributed by atoms with Gasteiger partial charge in [-0.25, -0.2) is 23.1 Å². The summed E-state index contributed by atoms with van der Waals surface area (Å²) in [5, 5.41) is 0. The smallest absolute Gasteiger partial charge is 0.252 e. The molecule has 0 aliphatic carbocycles. The number of hydrogen-bond acceptors (Lipinski definition) is 5. The molecule has 0 spiro atoms. The molecule has 0 saturated heterocycles. The van der Waals surface area contributed by atoms with Crippen molar-refractivity contribution >= 4 is 33.0 Å². The highest BCUT2D eigenvalue weighted by Crippen LogP contribution is 2.26. The summed E-state index contributed by atoms with van der Waals surface area (Å²) in [7, 11) is -1.80. The molecule has 2 rings (SSSR count). The van der Waals surface area contributed by atoms with E-state index in [4.69, 9.17) is 11.6 Å². The maximum atomic E-state index is 12.0. The highest BCUT2D eigenvalue weighted by molar-refractivity contribution is 7.91. The Morgan fingerprint density at radius 1 is 1.56 bits per heavy atom. The lowest BCUT2D eigenvalue weighted by Gasteiger charge is -2.05. The van der Waals surface area contributed by atoms with E-state index in [0.29, 0.717) is 11.5 Å². The lowest BCUT2D eigenvalue weighted by Crippen LogP contribution is -2.24. The molecule has 2 aromatic rings. The predicted octanol–water partition coefficient (Wildman–Crippen LogP) is 1.32. The average molecular weight is 307 g/mol. The fourth-order valence-corrected chi connectivity index (χ4v) is 4.15. The minimum Gasteiger partial charge on any atom is -0.337 e. The summed E-state index contributed by atoms with van der Waals surface area (Å²) < 4.78 is 28.6. The SMILES string of the molecule is Cc1nc(Cl)sc1S(=O)(=O)NCc1nccn1C. The highest BCUT2D eigenvalue weighted by atomic mass is 35.5. The van der Waals surface area contributed by atoms with E-state index in [-0.39, 0.29) is 15.2 Å². The number of thiazole rings is 1. The first-order chi connectivity index (χ1) is 8.40. The van der Waals surface area contributed by atoms with Crippen LogP contribution in [0.2, 0.25) is 4.47 Å². The molecule has 1 N–H and O–H groups in total. The van der Waals surface area contributed by atoms with E-state index in [9.17, 15) is 8.42 Å². The van der Waals surface area contributed by atoms with Crippen molar-refractivity contribution in [3.63, 3.8) is 0 Å². The Labute approximate surface area is 114 Å². The number of rotatable bonds is 4. The second kappa shape index (κ2) is 4.96. The molecule has 9 heteroatoms. The molecular weight excluding hydrogens is 296 g/mol. The van der Waals surface area contributed by atoms with Crippen molar-refractivity contribution in [3.05, 3.63) is 28.4 Å². The highest BCUT2D eigenvalue weighted by Gasteiger charge is 2.21. The van der Waals surface area contributed by atoms with Crippen molar-refractivity contribution in [1.29, 1.82) is 0 Å². The van der Waals surface area contributed by atoms with Crippen LogP contribution in [0.1, 0.15) is 11.5 Å². The third kappa shape index (κ3) is 2.72. The van der Waals surface area contributed by atoms with Gasteiger partial charge in [0.15, 0.2) is 8.68 Å². The molecule has 0 atom stereocenters. The van der Waals surface area contributed by atoms with Gasteiger partial charge in [-0.05, 0) is 6.92 Å². The van der Waals surface area contributed by atoms with Crippen LogP contribution in [0, 0.1) is 6.92 Å². The van der Waals surface area contributed by atoms with Gasteiger partial charge < -0.3 is 4.57 Å². The normalized spacial score (nSPS) is 11.9. The van der Waals surface area contributed by atoms with Crippen LogP contribution < -0.4 is 4.72 Å². The minimum atomic E-state index is -3.59. The zero-order chi connectivity index (χ0) is 13.3. The van der Waals surface area contributed by atoms with Crippen LogP contribution in [0.25, 0.3) is 0 Å². The summed E-state index contributed by atoms with van der Waals surface area (Å²) in [5.41, 5.74) is 0.400. The fourth-order valence-electron chi connectivity index (χ4n) is 1.39. The summed E-state index contributed by atoms with van der Waals surface area (Å²) in [6.45, 7) is 1.73. The van der Waals surface area contributed by atoms with Crippen molar-refractivity contribution in [2.75, 3.05) is 0 Å². The van der Waals surface area contributed by atoms with E-state index in [1.807, 2.05) is 0 Å². The van der Waals surface area contributed by atoms with Crippen molar-refractivity contribution in [2.24, 2.45) is 7.05 Å². The predicted molar refractivity (Wildman–Crippen MR) is 69.1 cm³/mol. The maximum Gasteiger partial charge on any atom is 0.252 e. The van der Waals surface area contributed by atoms with Gasteiger partial charge >= 0.3 is 0 Å². The quantitative estimate of drug-likeness (QED) is 0.924. The number of nitrogens with zero attached hydrogens (tertiary/aromatic N) is 3. The second-order valence-corrected chi connectivity index (χ2v) is 7.16. The lowest BCUT2D eigenvalue weighted by atomic mass is 10.6. The zero-order valence-corrected chi connectivity index (χ0v) is 12.1. The Morgan fingerprint density at radius 3 is 2.78 bits per heavy atom. The Hall–Kier alpha value is -0.960. The number of aromatic nitrogens is 3. The summed E-state index contributed by atoms with van der Waals surface area (Å²) in [5.74, 6) is 0.631. The van der Waals surface area contributed by atoms with Crippen LogP contribution >= 0.6 is 22.9 Å². The summed E-state index contributed by atoms with van der Waals surface area (Å²) in [4.78, 5) is 7.92. The molecule has 0 aliphatic rings. The number of hydrogen-bond donors (Lipinski definition) is 1. The largest absolute Gasteiger partial charge is 0.337 e. The number of nitrogens with one attached hydrogen (secondary N) is 1. The maximum absolute atomic E-state index is 12.0. The van der Waals surface area contributed by atoms with Gasteiger partial charge in [-0.3, -0.25) is 0 Å². The lowest BCUT2D eigenvalue weighted by molar-refractivity contribution is 0.579.